The minimum absolute atomic E-state index is 0.0256. The highest BCUT2D eigenvalue weighted by molar-refractivity contribution is 9.10. The van der Waals surface area contributed by atoms with Gasteiger partial charge >= 0.3 is 0 Å². The van der Waals surface area contributed by atoms with Crippen LogP contribution in [0.5, 0.6) is 0 Å². The lowest BCUT2D eigenvalue weighted by Gasteiger charge is -2.13. The summed E-state index contributed by atoms with van der Waals surface area (Å²) in [5, 5.41) is 6.14. The second-order valence-corrected chi connectivity index (χ2v) is 7.35. The predicted molar refractivity (Wildman–Crippen MR) is 93.0 cm³/mol. The highest BCUT2D eigenvalue weighted by Gasteiger charge is 2.08. The van der Waals surface area contributed by atoms with Crippen LogP contribution in [0.3, 0.4) is 0 Å². The SMILES string of the molecule is Cc1ccc(CC(C)NCC(=O)Nc2cccc(Br)c2)s1. The molecule has 0 fully saturated rings. The number of anilines is 1. The van der Waals surface area contributed by atoms with E-state index in [0.717, 1.165) is 16.6 Å². The molecule has 112 valence electrons. The molecule has 1 aromatic heterocycles. The third kappa shape index (κ3) is 5.61. The van der Waals surface area contributed by atoms with E-state index in [-0.39, 0.29) is 11.9 Å². The van der Waals surface area contributed by atoms with E-state index >= 15 is 0 Å². The van der Waals surface area contributed by atoms with Crippen LogP contribution in [0.4, 0.5) is 5.69 Å². The number of aryl methyl sites for hydroxylation is 1. The zero-order valence-corrected chi connectivity index (χ0v) is 14.6. The summed E-state index contributed by atoms with van der Waals surface area (Å²) in [4.78, 5) is 14.6. The van der Waals surface area contributed by atoms with Crippen molar-refractivity contribution in [1.29, 1.82) is 0 Å². The fourth-order valence-corrected chi connectivity index (χ4v) is 3.43. The molecule has 0 spiro atoms. The van der Waals surface area contributed by atoms with Crippen molar-refractivity contribution in [2.45, 2.75) is 26.3 Å². The number of hydrogen-bond acceptors (Lipinski definition) is 3. The fraction of sp³-hybridized carbons (Fsp3) is 0.312. The molecular formula is C16H19BrN2OS. The molecule has 5 heteroatoms. The Balaban J connectivity index is 1.75. The second kappa shape index (κ2) is 7.73. The number of rotatable bonds is 6. The van der Waals surface area contributed by atoms with Gasteiger partial charge in [-0.2, -0.15) is 0 Å². The smallest absolute Gasteiger partial charge is 0.238 e. The van der Waals surface area contributed by atoms with Gasteiger partial charge in [-0.25, -0.2) is 0 Å². The average Bonchev–Trinajstić information content (AvgIpc) is 2.82. The number of nitrogens with one attached hydrogen (secondary N) is 2. The fourth-order valence-electron chi connectivity index (χ4n) is 2.01. The average molecular weight is 367 g/mol. The van der Waals surface area contributed by atoms with Crippen molar-refractivity contribution in [3.63, 3.8) is 0 Å². The third-order valence-electron chi connectivity index (χ3n) is 3.02. The van der Waals surface area contributed by atoms with Crippen molar-refractivity contribution < 1.29 is 4.79 Å². The molecule has 0 aliphatic heterocycles. The van der Waals surface area contributed by atoms with Crippen LogP contribution in [-0.4, -0.2) is 18.5 Å². The molecule has 3 nitrogen and oxygen atoms in total. The molecule has 1 heterocycles. The van der Waals surface area contributed by atoms with Gasteiger partial charge in [0.2, 0.25) is 5.91 Å². The Labute approximate surface area is 137 Å². The lowest BCUT2D eigenvalue weighted by Crippen LogP contribution is -2.35. The molecule has 0 saturated heterocycles. The highest BCUT2D eigenvalue weighted by Crippen LogP contribution is 2.17. The summed E-state index contributed by atoms with van der Waals surface area (Å²) < 4.78 is 0.953. The molecular weight excluding hydrogens is 348 g/mol. The summed E-state index contributed by atoms with van der Waals surface area (Å²) in [6, 6.07) is 12.1. The topological polar surface area (TPSA) is 41.1 Å². The van der Waals surface area contributed by atoms with E-state index in [1.807, 2.05) is 35.6 Å². The van der Waals surface area contributed by atoms with Crippen LogP contribution in [-0.2, 0) is 11.2 Å². The summed E-state index contributed by atoms with van der Waals surface area (Å²) in [6.07, 6.45) is 0.947. The van der Waals surface area contributed by atoms with Gasteiger partial charge in [0.05, 0.1) is 6.54 Å². The molecule has 1 unspecified atom stereocenters. The quantitative estimate of drug-likeness (QED) is 0.811. The Morgan fingerprint density at radius 2 is 2.14 bits per heavy atom. The zero-order chi connectivity index (χ0) is 15.2. The summed E-state index contributed by atoms with van der Waals surface area (Å²) in [7, 11) is 0. The van der Waals surface area contributed by atoms with Crippen molar-refractivity contribution in [2.24, 2.45) is 0 Å². The van der Waals surface area contributed by atoms with E-state index in [9.17, 15) is 4.79 Å². The van der Waals surface area contributed by atoms with Gasteiger partial charge in [0.25, 0.3) is 0 Å². The molecule has 0 saturated carbocycles. The molecule has 2 aromatic rings. The van der Waals surface area contributed by atoms with Gasteiger partial charge in [-0.15, -0.1) is 11.3 Å². The second-order valence-electron chi connectivity index (χ2n) is 5.06. The Bertz CT molecular complexity index is 612. The summed E-state index contributed by atoms with van der Waals surface area (Å²) >= 11 is 5.20. The largest absolute Gasteiger partial charge is 0.325 e. The van der Waals surface area contributed by atoms with Gasteiger partial charge < -0.3 is 10.6 Å². The first-order valence-electron chi connectivity index (χ1n) is 6.87. The Hall–Kier alpha value is -1.17. The van der Waals surface area contributed by atoms with E-state index in [1.54, 1.807) is 0 Å². The Morgan fingerprint density at radius 3 is 2.81 bits per heavy atom. The lowest BCUT2D eigenvalue weighted by atomic mass is 10.2. The number of carbonyl (C=O) groups excluding carboxylic acids is 1. The molecule has 0 radical (unpaired) electrons. The number of benzene rings is 1. The van der Waals surface area contributed by atoms with E-state index in [1.165, 1.54) is 9.75 Å². The number of carbonyl (C=O) groups is 1. The van der Waals surface area contributed by atoms with Crippen molar-refractivity contribution in [3.05, 3.63) is 50.6 Å². The van der Waals surface area contributed by atoms with Crippen molar-refractivity contribution in [2.75, 3.05) is 11.9 Å². The van der Waals surface area contributed by atoms with E-state index in [0.29, 0.717) is 6.54 Å². The molecule has 0 aliphatic rings. The monoisotopic (exact) mass is 366 g/mol. The van der Waals surface area contributed by atoms with Crippen LogP contribution in [0.15, 0.2) is 40.9 Å². The van der Waals surface area contributed by atoms with Crippen LogP contribution in [0.25, 0.3) is 0 Å². The van der Waals surface area contributed by atoms with Crippen LogP contribution in [0.2, 0.25) is 0 Å². The highest BCUT2D eigenvalue weighted by atomic mass is 79.9. The first kappa shape index (κ1) is 16.2. The molecule has 21 heavy (non-hydrogen) atoms. The standard InChI is InChI=1S/C16H19BrN2OS/c1-11(8-15-7-6-12(2)21-15)18-10-16(20)19-14-5-3-4-13(17)9-14/h3-7,9,11,18H,8,10H2,1-2H3,(H,19,20). The molecule has 1 amide bonds. The lowest BCUT2D eigenvalue weighted by molar-refractivity contribution is -0.115. The van der Waals surface area contributed by atoms with Gasteiger partial charge in [0.15, 0.2) is 0 Å². The maximum absolute atomic E-state index is 11.9. The molecule has 2 N–H and O–H groups in total. The minimum Gasteiger partial charge on any atom is -0.325 e. The summed E-state index contributed by atoms with van der Waals surface area (Å²) in [5.74, 6) is -0.0256. The van der Waals surface area contributed by atoms with Gasteiger partial charge in [-0.1, -0.05) is 22.0 Å². The third-order valence-corrected chi connectivity index (χ3v) is 4.54. The number of halogens is 1. The first-order valence-corrected chi connectivity index (χ1v) is 8.48. The summed E-state index contributed by atoms with van der Waals surface area (Å²) in [5.41, 5.74) is 0.803. The Morgan fingerprint density at radius 1 is 1.33 bits per heavy atom. The van der Waals surface area contributed by atoms with Crippen LogP contribution in [0.1, 0.15) is 16.7 Å². The van der Waals surface area contributed by atoms with Gasteiger partial charge in [-0.3, -0.25) is 4.79 Å². The van der Waals surface area contributed by atoms with Crippen LogP contribution >= 0.6 is 27.3 Å². The summed E-state index contributed by atoms with van der Waals surface area (Å²) in [6.45, 7) is 4.52. The number of amides is 1. The molecule has 1 aromatic carbocycles. The maximum Gasteiger partial charge on any atom is 0.238 e. The van der Waals surface area contributed by atoms with Gasteiger partial charge in [0, 0.05) is 26.0 Å². The van der Waals surface area contributed by atoms with Crippen molar-refractivity contribution in [3.8, 4) is 0 Å². The molecule has 2 rings (SSSR count). The number of hydrogen-bond donors (Lipinski definition) is 2. The minimum atomic E-state index is -0.0256. The predicted octanol–water partition coefficient (Wildman–Crippen LogP) is 3.98. The molecule has 0 aliphatic carbocycles. The van der Waals surface area contributed by atoms with Crippen LogP contribution in [0, 0.1) is 6.92 Å². The van der Waals surface area contributed by atoms with Crippen LogP contribution < -0.4 is 10.6 Å². The van der Waals surface area contributed by atoms with Gasteiger partial charge in [-0.05, 0) is 50.6 Å². The number of thiophene rings is 1. The normalized spacial score (nSPS) is 12.1. The Kier molecular flexibility index (Phi) is 5.96. The van der Waals surface area contributed by atoms with Gasteiger partial charge in [0.1, 0.15) is 0 Å². The van der Waals surface area contributed by atoms with Crippen molar-refractivity contribution in [1.82, 2.24) is 5.32 Å². The zero-order valence-electron chi connectivity index (χ0n) is 12.2. The van der Waals surface area contributed by atoms with E-state index < -0.39 is 0 Å². The van der Waals surface area contributed by atoms with E-state index in [2.05, 4.69) is 52.5 Å². The maximum atomic E-state index is 11.9. The van der Waals surface area contributed by atoms with Crippen molar-refractivity contribution >= 4 is 38.9 Å². The molecule has 0 bridgehead atoms. The molecule has 1 atom stereocenters. The van der Waals surface area contributed by atoms with E-state index in [4.69, 9.17) is 0 Å². The first-order chi connectivity index (χ1) is 10.0.